The highest BCUT2D eigenvalue weighted by atomic mass is 35.5. The molecule has 1 aromatic carbocycles. The summed E-state index contributed by atoms with van der Waals surface area (Å²) in [6.07, 6.45) is 1.72. The van der Waals surface area contributed by atoms with Crippen LogP contribution < -0.4 is 26.2 Å². The van der Waals surface area contributed by atoms with Gasteiger partial charge in [0.15, 0.2) is 5.82 Å². The van der Waals surface area contributed by atoms with Crippen LogP contribution in [0, 0.1) is 13.8 Å². The Hall–Kier alpha value is -2.48. The van der Waals surface area contributed by atoms with Crippen molar-refractivity contribution in [3.8, 4) is 5.88 Å². The second-order valence-electron chi connectivity index (χ2n) is 6.00. The second kappa shape index (κ2) is 6.60. The Morgan fingerprint density at radius 3 is 2.30 bits per heavy atom. The van der Waals surface area contributed by atoms with Crippen molar-refractivity contribution in [2.45, 2.75) is 13.8 Å². The SMILES string of the molecule is Cc1nc(=C2N=c3cc(Cl)c(Cl)cc3=N2)c(C)cc1=Cc1sc(=O)[nH]c1O. The lowest BCUT2D eigenvalue weighted by molar-refractivity contribution is 0.455. The number of hydrogen-bond acceptors (Lipinski definition) is 6. The van der Waals surface area contributed by atoms with Gasteiger partial charge in [0.2, 0.25) is 5.88 Å². The van der Waals surface area contributed by atoms with Gasteiger partial charge in [0.1, 0.15) is 5.35 Å². The molecule has 2 N–H and O–H groups in total. The summed E-state index contributed by atoms with van der Waals surface area (Å²) < 4.78 is 0. The molecule has 4 rings (SSSR count). The van der Waals surface area contributed by atoms with E-state index in [-0.39, 0.29) is 10.8 Å². The highest BCUT2D eigenvalue weighted by molar-refractivity contribution is 7.10. The van der Waals surface area contributed by atoms with Crippen LogP contribution in [0.15, 0.2) is 33.0 Å². The molecule has 0 unspecified atom stereocenters. The number of hydrogen-bond donors (Lipinski definition) is 2. The third-order valence-electron chi connectivity index (χ3n) is 4.07. The number of aromatic hydroxyl groups is 1. The molecular formula is C18H12Cl2N4O2S. The molecule has 1 aliphatic rings. The fraction of sp³-hybridized carbons (Fsp3) is 0.111. The molecule has 0 spiro atoms. The van der Waals surface area contributed by atoms with E-state index in [2.05, 4.69) is 20.0 Å². The first kappa shape index (κ1) is 17.9. The largest absolute Gasteiger partial charge is 0.493 e. The van der Waals surface area contributed by atoms with E-state index in [1.807, 2.05) is 19.9 Å². The van der Waals surface area contributed by atoms with Gasteiger partial charge in [-0.05, 0) is 48.9 Å². The Bertz CT molecular complexity index is 1360. The first-order chi connectivity index (χ1) is 12.8. The minimum absolute atomic E-state index is 0.148. The van der Waals surface area contributed by atoms with Crippen molar-refractivity contribution >= 4 is 46.4 Å². The van der Waals surface area contributed by atoms with Crippen LogP contribution in [0.5, 0.6) is 5.88 Å². The van der Waals surface area contributed by atoms with E-state index in [1.165, 1.54) is 0 Å². The first-order valence-corrected chi connectivity index (χ1v) is 9.44. The number of rotatable bonds is 1. The average molecular weight is 419 g/mol. The maximum atomic E-state index is 11.4. The lowest BCUT2D eigenvalue weighted by Crippen LogP contribution is -2.23. The summed E-state index contributed by atoms with van der Waals surface area (Å²) in [6.45, 7) is 3.75. The molecule has 2 aromatic heterocycles. The van der Waals surface area contributed by atoms with E-state index in [4.69, 9.17) is 23.2 Å². The molecule has 1 aliphatic heterocycles. The molecular weight excluding hydrogens is 407 g/mol. The van der Waals surface area contributed by atoms with Crippen molar-refractivity contribution in [3.05, 3.63) is 75.3 Å². The zero-order chi connectivity index (χ0) is 19.3. The van der Waals surface area contributed by atoms with Crippen LogP contribution in [-0.4, -0.2) is 15.1 Å². The zero-order valence-electron chi connectivity index (χ0n) is 14.2. The van der Waals surface area contributed by atoms with Crippen LogP contribution in [0.3, 0.4) is 0 Å². The Morgan fingerprint density at radius 2 is 1.74 bits per heavy atom. The van der Waals surface area contributed by atoms with Gasteiger partial charge in [-0.1, -0.05) is 34.5 Å². The van der Waals surface area contributed by atoms with E-state index < -0.39 is 0 Å². The molecule has 3 heterocycles. The summed E-state index contributed by atoms with van der Waals surface area (Å²) in [4.78, 5) is 27.5. The van der Waals surface area contributed by atoms with Crippen molar-refractivity contribution in [1.82, 2.24) is 9.97 Å². The summed E-state index contributed by atoms with van der Waals surface area (Å²) in [7, 11) is 0. The highest BCUT2D eigenvalue weighted by Gasteiger charge is 2.10. The van der Waals surface area contributed by atoms with Crippen LogP contribution in [-0.2, 0) is 0 Å². The fourth-order valence-electron chi connectivity index (χ4n) is 2.73. The molecule has 0 bridgehead atoms. The number of benzene rings is 1. The monoisotopic (exact) mass is 418 g/mol. The molecule has 27 heavy (non-hydrogen) atoms. The standard InChI is InChI=1S/C18H12Cl2N4O2S/c1-7-3-9(4-14-17(25)24-18(26)27-14)8(2)21-15(7)16-22-12-5-10(19)11(20)6-13(12)23-16/h3-6,25H,1-2H3,(H,24,26). The number of halogens is 2. The Labute approximate surface area is 166 Å². The van der Waals surface area contributed by atoms with Crippen LogP contribution in [0.4, 0.5) is 0 Å². The Morgan fingerprint density at radius 1 is 1.11 bits per heavy atom. The smallest absolute Gasteiger partial charge is 0.307 e. The van der Waals surface area contributed by atoms with Crippen molar-refractivity contribution in [3.63, 3.8) is 0 Å². The summed E-state index contributed by atoms with van der Waals surface area (Å²) in [5.74, 6) is 0.343. The van der Waals surface area contributed by atoms with Crippen LogP contribution in [0.2, 0.25) is 10.0 Å². The summed E-state index contributed by atoms with van der Waals surface area (Å²) in [6, 6.07) is 5.27. The van der Waals surface area contributed by atoms with Crippen molar-refractivity contribution in [2.75, 3.05) is 0 Å². The third-order valence-corrected chi connectivity index (χ3v) is 5.61. The van der Waals surface area contributed by atoms with Crippen LogP contribution in [0.1, 0.15) is 16.1 Å². The van der Waals surface area contributed by atoms with E-state index >= 15 is 0 Å². The van der Waals surface area contributed by atoms with Crippen LogP contribution in [0.25, 0.3) is 11.9 Å². The molecule has 136 valence electrons. The predicted molar refractivity (Wildman–Crippen MR) is 105 cm³/mol. The number of nitrogens with one attached hydrogen (secondary N) is 1. The minimum Gasteiger partial charge on any atom is -0.493 e. The van der Waals surface area contributed by atoms with E-state index in [1.54, 1.807) is 18.2 Å². The molecule has 0 fully saturated rings. The maximum absolute atomic E-state index is 11.4. The van der Waals surface area contributed by atoms with Gasteiger partial charge in [0, 0.05) is 5.69 Å². The van der Waals surface area contributed by atoms with Crippen molar-refractivity contribution in [1.29, 1.82) is 0 Å². The first-order valence-electron chi connectivity index (χ1n) is 7.86. The fourth-order valence-corrected chi connectivity index (χ4v) is 3.73. The van der Waals surface area contributed by atoms with Gasteiger partial charge in [-0.3, -0.25) is 9.78 Å². The number of nitrogens with zero attached hydrogens (tertiary/aromatic N) is 3. The summed E-state index contributed by atoms with van der Waals surface area (Å²) in [5, 5.41) is 13.4. The van der Waals surface area contributed by atoms with Crippen LogP contribution >= 0.6 is 34.5 Å². The van der Waals surface area contributed by atoms with Gasteiger partial charge >= 0.3 is 4.87 Å². The molecule has 0 radical (unpaired) electrons. The maximum Gasteiger partial charge on any atom is 0.307 e. The Balaban J connectivity index is 1.93. The quantitative estimate of drug-likeness (QED) is 0.623. The van der Waals surface area contributed by atoms with Gasteiger partial charge in [0.05, 0.1) is 25.6 Å². The normalized spacial score (nSPS) is 13.5. The molecule has 0 aliphatic carbocycles. The predicted octanol–water partition coefficient (Wildman–Crippen LogP) is 1.31. The number of pyridine rings is 1. The number of H-pyrrole nitrogens is 1. The number of aromatic amines is 1. The number of thiazole rings is 1. The topological polar surface area (TPSA) is 90.7 Å². The lowest BCUT2D eigenvalue weighted by atomic mass is 10.2. The third kappa shape index (κ3) is 3.29. The van der Waals surface area contributed by atoms with Gasteiger partial charge in [0.25, 0.3) is 0 Å². The lowest BCUT2D eigenvalue weighted by Gasteiger charge is -2.00. The number of aromatic nitrogens is 2. The molecule has 9 heteroatoms. The minimum atomic E-state index is -0.313. The van der Waals surface area contributed by atoms with E-state index in [0.29, 0.717) is 36.8 Å². The Kier molecular flexibility index (Phi) is 4.38. The van der Waals surface area contributed by atoms with E-state index in [0.717, 1.165) is 27.8 Å². The van der Waals surface area contributed by atoms with Gasteiger partial charge < -0.3 is 5.11 Å². The van der Waals surface area contributed by atoms with Crippen molar-refractivity contribution in [2.24, 2.45) is 9.98 Å². The number of aryl methyl sites for hydroxylation is 2. The molecule has 0 saturated heterocycles. The molecule has 3 aromatic rings. The van der Waals surface area contributed by atoms with Gasteiger partial charge in [-0.2, -0.15) is 0 Å². The van der Waals surface area contributed by atoms with E-state index in [9.17, 15) is 9.90 Å². The van der Waals surface area contributed by atoms with Gasteiger partial charge in [-0.15, -0.1) is 0 Å². The summed E-state index contributed by atoms with van der Waals surface area (Å²) >= 11 is 13.0. The molecule has 0 saturated carbocycles. The molecule has 0 amide bonds. The molecule has 6 nitrogen and oxygen atoms in total. The highest BCUT2D eigenvalue weighted by Crippen LogP contribution is 2.18. The second-order valence-corrected chi connectivity index (χ2v) is 7.83. The molecule has 0 atom stereocenters. The van der Waals surface area contributed by atoms with Crippen molar-refractivity contribution < 1.29 is 5.11 Å². The number of fused-ring (bicyclic) bond motifs is 1. The zero-order valence-corrected chi connectivity index (χ0v) is 16.5. The summed E-state index contributed by atoms with van der Waals surface area (Å²) in [5.41, 5.74) is 1.59. The average Bonchev–Trinajstić information content (AvgIpc) is 3.13. The van der Waals surface area contributed by atoms with Gasteiger partial charge in [-0.25, -0.2) is 15.0 Å².